The molecule has 1 heterocycles. The molecule has 0 aliphatic heterocycles. The molecule has 0 N–H and O–H groups in total. The number of alkyl halides is 1. The second-order valence-electron chi connectivity index (χ2n) is 4.35. The molecule has 100 valence electrons. The second kappa shape index (κ2) is 6.70. The van der Waals surface area contributed by atoms with E-state index in [4.69, 9.17) is 4.74 Å². The lowest BCUT2D eigenvalue weighted by molar-refractivity contribution is 0.393. The zero-order valence-corrected chi connectivity index (χ0v) is 13.6. The van der Waals surface area contributed by atoms with Gasteiger partial charge in [-0.1, -0.05) is 28.8 Å². The summed E-state index contributed by atoms with van der Waals surface area (Å²) in [6, 6.07) is 0.563. The van der Waals surface area contributed by atoms with E-state index in [2.05, 4.69) is 46.7 Å². The quantitative estimate of drug-likeness (QED) is 0.736. The van der Waals surface area contributed by atoms with Crippen LogP contribution in [0, 0.1) is 0 Å². The van der Waals surface area contributed by atoms with Crippen LogP contribution in [0.1, 0.15) is 25.7 Å². The van der Waals surface area contributed by atoms with Gasteiger partial charge in [0.05, 0.1) is 17.8 Å². The molecule has 0 bridgehead atoms. The van der Waals surface area contributed by atoms with Crippen molar-refractivity contribution < 1.29 is 4.74 Å². The van der Waals surface area contributed by atoms with Crippen LogP contribution >= 0.6 is 31.9 Å². The molecule has 0 radical (unpaired) electrons. The fraction of sp³-hybridized carbons (Fsp3) is 0.667. The first kappa shape index (κ1) is 14.1. The summed E-state index contributed by atoms with van der Waals surface area (Å²) in [6.45, 7) is 0.926. The van der Waals surface area contributed by atoms with Crippen molar-refractivity contribution in [2.75, 3.05) is 23.9 Å². The third-order valence-corrected chi connectivity index (χ3v) is 4.14. The van der Waals surface area contributed by atoms with Crippen LogP contribution in [0.5, 0.6) is 5.88 Å². The number of hydrogen-bond donors (Lipinski definition) is 0. The molecule has 1 aromatic heterocycles. The Morgan fingerprint density at radius 3 is 2.78 bits per heavy atom. The van der Waals surface area contributed by atoms with E-state index in [1.54, 1.807) is 13.3 Å². The fourth-order valence-electron chi connectivity index (χ4n) is 2.38. The summed E-state index contributed by atoms with van der Waals surface area (Å²) >= 11 is 6.89. The Bertz CT molecular complexity index is 397. The third-order valence-electron chi connectivity index (χ3n) is 3.24. The molecular formula is C12H17Br2N3O. The number of halogens is 2. The summed E-state index contributed by atoms with van der Waals surface area (Å²) in [5.74, 6) is 1.36. The molecule has 1 aliphatic rings. The number of aromatic nitrogens is 2. The number of rotatable bonds is 5. The summed E-state index contributed by atoms with van der Waals surface area (Å²) in [7, 11) is 1.63. The van der Waals surface area contributed by atoms with E-state index in [1.807, 2.05) is 0 Å². The van der Waals surface area contributed by atoms with E-state index in [0.717, 1.165) is 22.3 Å². The van der Waals surface area contributed by atoms with Crippen molar-refractivity contribution in [3.05, 3.63) is 10.7 Å². The van der Waals surface area contributed by atoms with Gasteiger partial charge >= 0.3 is 0 Å². The van der Waals surface area contributed by atoms with Gasteiger partial charge in [-0.25, -0.2) is 4.98 Å². The Kier molecular flexibility index (Phi) is 5.24. The van der Waals surface area contributed by atoms with Gasteiger partial charge in [0.15, 0.2) is 0 Å². The van der Waals surface area contributed by atoms with Crippen molar-refractivity contribution in [2.24, 2.45) is 0 Å². The molecule has 1 aliphatic carbocycles. The van der Waals surface area contributed by atoms with Crippen molar-refractivity contribution in [1.29, 1.82) is 0 Å². The Morgan fingerprint density at radius 2 is 2.17 bits per heavy atom. The van der Waals surface area contributed by atoms with Crippen molar-refractivity contribution in [3.63, 3.8) is 0 Å². The minimum Gasteiger partial charge on any atom is -0.480 e. The molecular weight excluding hydrogens is 362 g/mol. The molecule has 0 amide bonds. The zero-order chi connectivity index (χ0) is 13.0. The van der Waals surface area contributed by atoms with Gasteiger partial charge in [-0.05, 0) is 28.8 Å². The van der Waals surface area contributed by atoms with Crippen LogP contribution in [0.3, 0.4) is 0 Å². The van der Waals surface area contributed by atoms with Gasteiger partial charge < -0.3 is 9.64 Å². The lowest BCUT2D eigenvalue weighted by atomic mass is 10.2. The summed E-state index contributed by atoms with van der Waals surface area (Å²) in [5, 5.41) is 0.922. The number of hydrogen-bond acceptors (Lipinski definition) is 4. The first-order valence-electron chi connectivity index (χ1n) is 6.15. The first-order chi connectivity index (χ1) is 8.76. The molecule has 0 atom stereocenters. The molecule has 2 rings (SSSR count). The van der Waals surface area contributed by atoms with E-state index in [0.29, 0.717) is 11.9 Å². The molecule has 0 saturated heterocycles. The smallest absolute Gasteiger partial charge is 0.232 e. The highest BCUT2D eigenvalue weighted by Crippen LogP contribution is 2.29. The average molecular weight is 379 g/mol. The predicted octanol–water partition coefficient (Wildman–Crippen LogP) is 3.39. The number of methoxy groups -OCH3 is 1. The summed E-state index contributed by atoms with van der Waals surface area (Å²) < 4.78 is 6.03. The highest BCUT2D eigenvalue weighted by Gasteiger charge is 2.24. The maximum Gasteiger partial charge on any atom is 0.232 e. The van der Waals surface area contributed by atoms with Crippen molar-refractivity contribution >= 4 is 37.8 Å². The number of ether oxygens (including phenoxy) is 1. The lowest BCUT2D eigenvalue weighted by Gasteiger charge is -2.28. The van der Waals surface area contributed by atoms with Gasteiger partial charge in [0, 0.05) is 17.9 Å². The van der Waals surface area contributed by atoms with Gasteiger partial charge in [0.2, 0.25) is 11.8 Å². The van der Waals surface area contributed by atoms with Gasteiger partial charge in [-0.15, -0.1) is 0 Å². The predicted molar refractivity (Wildman–Crippen MR) is 79.7 cm³/mol. The summed E-state index contributed by atoms with van der Waals surface area (Å²) in [6.07, 6.45) is 6.83. The molecule has 1 saturated carbocycles. The molecule has 4 nitrogen and oxygen atoms in total. The molecule has 0 aromatic carbocycles. The SMILES string of the molecule is COc1nc(N(CCBr)C2CCCC2)ncc1Br. The summed E-state index contributed by atoms with van der Waals surface area (Å²) in [4.78, 5) is 11.2. The van der Waals surface area contributed by atoms with Crippen LogP contribution in [0.2, 0.25) is 0 Å². The van der Waals surface area contributed by atoms with Gasteiger partial charge in [-0.2, -0.15) is 4.98 Å². The minimum atomic E-state index is 0.563. The number of anilines is 1. The maximum atomic E-state index is 5.24. The highest BCUT2D eigenvalue weighted by atomic mass is 79.9. The monoisotopic (exact) mass is 377 g/mol. The van der Waals surface area contributed by atoms with Crippen molar-refractivity contribution in [1.82, 2.24) is 9.97 Å². The van der Waals surface area contributed by atoms with Crippen LogP contribution in [-0.4, -0.2) is 35.0 Å². The van der Waals surface area contributed by atoms with Crippen LogP contribution in [-0.2, 0) is 0 Å². The average Bonchev–Trinajstić information content (AvgIpc) is 2.90. The zero-order valence-electron chi connectivity index (χ0n) is 10.4. The highest BCUT2D eigenvalue weighted by molar-refractivity contribution is 9.10. The van der Waals surface area contributed by atoms with Crippen LogP contribution < -0.4 is 9.64 Å². The Hall–Kier alpha value is -0.360. The van der Waals surface area contributed by atoms with E-state index in [9.17, 15) is 0 Å². The van der Waals surface area contributed by atoms with E-state index >= 15 is 0 Å². The van der Waals surface area contributed by atoms with Crippen LogP contribution in [0.15, 0.2) is 10.7 Å². The maximum absolute atomic E-state index is 5.24. The van der Waals surface area contributed by atoms with E-state index < -0.39 is 0 Å². The van der Waals surface area contributed by atoms with Crippen LogP contribution in [0.25, 0.3) is 0 Å². The topological polar surface area (TPSA) is 38.2 Å². The fourth-order valence-corrected chi connectivity index (χ4v) is 3.11. The second-order valence-corrected chi connectivity index (χ2v) is 6.00. The third kappa shape index (κ3) is 3.15. The first-order valence-corrected chi connectivity index (χ1v) is 8.07. The van der Waals surface area contributed by atoms with Gasteiger partial charge in [-0.3, -0.25) is 0 Å². The van der Waals surface area contributed by atoms with Crippen molar-refractivity contribution in [2.45, 2.75) is 31.7 Å². The lowest BCUT2D eigenvalue weighted by Crippen LogP contribution is -2.36. The van der Waals surface area contributed by atoms with Gasteiger partial charge in [0.25, 0.3) is 0 Å². The van der Waals surface area contributed by atoms with E-state index in [1.165, 1.54) is 25.7 Å². The molecule has 0 spiro atoms. The number of nitrogens with zero attached hydrogens (tertiary/aromatic N) is 3. The molecule has 0 unspecified atom stereocenters. The summed E-state index contributed by atoms with van der Waals surface area (Å²) in [5.41, 5.74) is 0. The Balaban J connectivity index is 2.23. The largest absolute Gasteiger partial charge is 0.480 e. The standard InChI is InChI=1S/C12H17Br2N3O/c1-18-11-10(14)8-15-12(16-11)17(7-6-13)9-4-2-3-5-9/h8-9H,2-7H2,1H3. The normalized spacial score (nSPS) is 15.9. The molecule has 1 aromatic rings. The Labute approximate surface area is 124 Å². The molecule has 18 heavy (non-hydrogen) atoms. The van der Waals surface area contributed by atoms with Gasteiger partial charge in [0.1, 0.15) is 0 Å². The molecule has 1 fully saturated rings. The van der Waals surface area contributed by atoms with Crippen molar-refractivity contribution in [3.8, 4) is 5.88 Å². The minimum absolute atomic E-state index is 0.563. The molecule has 6 heteroatoms. The Morgan fingerprint density at radius 1 is 1.44 bits per heavy atom. The van der Waals surface area contributed by atoms with Crippen LogP contribution in [0.4, 0.5) is 5.95 Å². The van der Waals surface area contributed by atoms with E-state index in [-0.39, 0.29) is 0 Å².